The molecule has 0 aliphatic heterocycles. The minimum Gasteiger partial charge on any atom is -0.346 e. The summed E-state index contributed by atoms with van der Waals surface area (Å²) in [6.07, 6.45) is 7.83. The van der Waals surface area contributed by atoms with E-state index in [-0.39, 0.29) is 24.1 Å². The van der Waals surface area contributed by atoms with Crippen LogP contribution in [0.3, 0.4) is 0 Å². The van der Waals surface area contributed by atoms with Crippen LogP contribution in [0.5, 0.6) is 0 Å². The number of carbonyl (C=O) groups excluding carboxylic acids is 2. The lowest BCUT2D eigenvalue weighted by molar-refractivity contribution is -0.122. The Morgan fingerprint density at radius 3 is 2.55 bits per heavy atom. The summed E-state index contributed by atoms with van der Waals surface area (Å²) >= 11 is 1.34. The highest BCUT2D eigenvalue weighted by molar-refractivity contribution is 7.99. The molecule has 1 aliphatic rings. The molecule has 1 fully saturated rings. The first-order chi connectivity index (χ1) is 15.0. The third kappa shape index (κ3) is 6.19. The van der Waals surface area contributed by atoms with Gasteiger partial charge in [0.1, 0.15) is 5.82 Å². The number of thioether (sulfide) groups is 1. The largest absolute Gasteiger partial charge is 0.346 e. The first-order valence-electron chi connectivity index (χ1n) is 10.8. The third-order valence-electron chi connectivity index (χ3n) is 5.55. The molecule has 1 aromatic heterocycles. The molecule has 0 unspecified atom stereocenters. The summed E-state index contributed by atoms with van der Waals surface area (Å²) in [5.74, 6) is 1.14. The lowest BCUT2D eigenvalue weighted by Crippen LogP contribution is -2.34. The van der Waals surface area contributed by atoms with Gasteiger partial charge in [0.05, 0.1) is 12.3 Å². The van der Waals surface area contributed by atoms with Crippen LogP contribution in [0.2, 0.25) is 0 Å². The molecule has 0 radical (unpaired) electrons. The van der Waals surface area contributed by atoms with Gasteiger partial charge in [0.25, 0.3) is 0 Å². The average molecular weight is 442 g/mol. The van der Waals surface area contributed by atoms with E-state index in [1.807, 2.05) is 38.1 Å². The number of para-hydroxylation sites is 1. The predicted molar refractivity (Wildman–Crippen MR) is 124 cm³/mol. The first-order valence-corrected chi connectivity index (χ1v) is 11.8. The van der Waals surface area contributed by atoms with Crippen molar-refractivity contribution in [2.45, 2.75) is 63.6 Å². The highest BCUT2D eigenvalue weighted by atomic mass is 32.2. The van der Waals surface area contributed by atoms with Crippen molar-refractivity contribution in [3.05, 3.63) is 47.8 Å². The standard InChI is InChI=1S/C23H31N5O2S/c1-4-13-28-22(18-11-6-5-7-12-18)26-27-23(28)31-15-20(30)24-14-19(29)25-21-16(2)9-8-10-17(21)3/h4,8-10,18H,1,5-7,11-15H2,2-3H3,(H,24,30)(H,25,29). The summed E-state index contributed by atoms with van der Waals surface area (Å²) in [4.78, 5) is 24.5. The van der Waals surface area contributed by atoms with Crippen molar-refractivity contribution in [3.8, 4) is 0 Å². The van der Waals surface area contributed by atoms with Gasteiger partial charge >= 0.3 is 0 Å². The second-order valence-corrected chi connectivity index (χ2v) is 8.90. The maximum absolute atomic E-state index is 12.3. The van der Waals surface area contributed by atoms with E-state index in [1.165, 1.54) is 31.0 Å². The molecule has 2 amide bonds. The van der Waals surface area contributed by atoms with Crippen molar-refractivity contribution in [1.29, 1.82) is 0 Å². The number of anilines is 1. The molecule has 3 rings (SSSR count). The number of aromatic nitrogens is 3. The van der Waals surface area contributed by atoms with Gasteiger partial charge in [0.2, 0.25) is 11.8 Å². The monoisotopic (exact) mass is 441 g/mol. The van der Waals surface area contributed by atoms with Gasteiger partial charge in [-0.15, -0.1) is 16.8 Å². The van der Waals surface area contributed by atoms with Crippen LogP contribution in [0, 0.1) is 13.8 Å². The van der Waals surface area contributed by atoms with E-state index in [4.69, 9.17) is 0 Å². The Hall–Kier alpha value is -2.61. The molecule has 1 aromatic carbocycles. The van der Waals surface area contributed by atoms with E-state index in [0.717, 1.165) is 40.6 Å². The van der Waals surface area contributed by atoms with Gasteiger partial charge in [-0.1, -0.05) is 55.3 Å². The number of allylic oxidation sites excluding steroid dienone is 1. The minimum atomic E-state index is -0.245. The summed E-state index contributed by atoms with van der Waals surface area (Å²) in [5, 5.41) is 15.0. The number of hydrogen-bond donors (Lipinski definition) is 2. The molecule has 1 heterocycles. The zero-order valence-electron chi connectivity index (χ0n) is 18.3. The van der Waals surface area contributed by atoms with E-state index in [1.54, 1.807) is 0 Å². The molecule has 0 bridgehead atoms. The van der Waals surface area contributed by atoms with Gasteiger partial charge in [-0.2, -0.15) is 0 Å². The van der Waals surface area contributed by atoms with Crippen LogP contribution in [0.15, 0.2) is 36.0 Å². The fraction of sp³-hybridized carbons (Fsp3) is 0.478. The second-order valence-electron chi connectivity index (χ2n) is 7.96. The Labute approximate surface area is 188 Å². The average Bonchev–Trinajstić information content (AvgIpc) is 3.17. The Kier molecular flexibility index (Phi) is 8.28. The third-order valence-corrected chi connectivity index (χ3v) is 6.52. The summed E-state index contributed by atoms with van der Waals surface area (Å²) < 4.78 is 2.06. The van der Waals surface area contributed by atoms with Gasteiger partial charge in [-0.3, -0.25) is 9.59 Å². The van der Waals surface area contributed by atoms with Crippen molar-refractivity contribution in [3.63, 3.8) is 0 Å². The van der Waals surface area contributed by atoms with E-state index in [2.05, 4.69) is 32.0 Å². The zero-order chi connectivity index (χ0) is 22.2. The quantitative estimate of drug-likeness (QED) is 0.454. The number of amides is 2. The number of rotatable bonds is 9. The lowest BCUT2D eigenvalue weighted by Gasteiger charge is -2.21. The van der Waals surface area contributed by atoms with Gasteiger partial charge in [-0.05, 0) is 37.8 Å². The molecule has 1 saturated carbocycles. The predicted octanol–water partition coefficient (Wildman–Crippen LogP) is 3.98. The lowest BCUT2D eigenvalue weighted by atomic mass is 9.89. The molecule has 0 spiro atoms. The normalized spacial score (nSPS) is 14.3. The summed E-state index contributed by atoms with van der Waals surface area (Å²) in [7, 11) is 0. The Morgan fingerprint density at radius 1 is 1.16 bits per heavy atom. The van der Waals surface area contributed by atoms with E-state index >= 15 is 0 Å². The SMILES string of the molecule is C=CCn1c(SCC(=O)NCC(=O)Nc2c(C)cccc2C)nnc1C1CCCCC1. The van der Waals surface area contributed by atoms with Gasteiger partial charge in [0, 0.05) is 18.2 Å². The number of hydrogen-bond acceptors (Lipinski definition) is 5. The fourth-order valence-corrected chi connectivity index (χ4v) is 4.71. The molecule has 166 valence electrons. The summed E-state index contributed by atoms with van der Waals surface area (Å²) in [5.41, 5.74) is 2.78. The molecule has 2 N–H and O–H groups in total. The summed E-state index contributed by atoms with van der Waals surface area (Å²) in [6, 6.07) is 5.84. The van der Waals surface area contributed by atoms with E-state index in [0.29, 0.717) is 12.5 Å². The smallest absolute Gasteiger partial charge is 0.243 e. The Balaban J connectivity index is 1.51. The van der Waals surface area contributed by atoms with Crippen LogP contribution in [-0.4, -0.2) is 38.9 Å². The van der Waals surface area contributed by atoms with Crippen LogP contribution in [-0.2, 0) is 16.1 Å². The molecule has 1 aliphatic carbocycles. The van der Waals surface area contributed by atoms with Crippen LogP contribution >= 0.6 is 11.8 Å². The zero-order valence-corrected chi connectivity index (χ0v) is 19.1. The Bertz CT molecular complexity index is 914. The van der Waals surface area contributed by atoms with Crippen molar-refractivity contribution in [2.75, 3.05) is 17.6 Å². The minimum absolute atomic E-state index is 0.0696. The van der Waals surface area contributed by atoms with E-state index in [9.17, 15) is 9.59 Å². The Morgan fingerprint density at radius 2 is 1.87 bits per heavy atom. The van der Waals surface area contributed by atoms with Crippen LogP contribution < -0.4 is 10.6 Å². The topological polar surface area (TPSA) is 88.9 Å². The van der Waals surface area contributed by atoms with Gasteiger partial charge in [-0.25, -0.2) is 0 Å². The van der Waals surface area contributed by atoms with Crippen LogP contribution in [0.1, 0.15) is 55.0 Å². The highest BCUT2D eigenvalue weighted by Crippen LogP contribution is 2.33. The van der Waals surface area contributed by atoms with Crippen LogP contribution in [0.25, 0.3) is 0 Å². The molecule has 2 aromatic rings. The molecule has 31 heavy (non-hydrogen) atoms. The molecule has 0 atom stereocenters. The van der Waals surface area contributed by atoms with Gasteiger partial charge in [0.15, 0.2) is 5.16 Å². The molecular weight excluding hydrogens is 410 g/mol. The highest BCUT2D eigenvalue weighted by Gasteiger charge is 2.23. The molecule has 0 saturated heterocycles. The second kappa shape index (κ2) is 11.1. The molecule has 8 heteroatoms. The van der Waals surface area contributed by atoms with Gasteiger partial charge < -0.3 is 15.2 Å². The van der Waals surface area contributed by atoms with Crippen molar-refractivity contribution < 1.29 is 9.59 Å². The number of benzene rings is 1. The molecule has 7 nitrogen and oxygen atoms in total. The molecular formula is C23H31N5O2S. The fourth-order valence-electron chi connectivity index (χ4n) is 3.93. The van der Waals surface area contributed by atoms with Crippen molar-refractivity contribution in [2.24, 2.45) is 0 Å². The number of nitrogens with one attached hydrogen (secondary N) is 2. The number of carbonyl (C=O) groups is 2. The summed E-state index contributed by atoms with van der Waals surface area (Å²) in [6.45, 7) is 8.29. The van der Waals surface area contributed by atoms with Crippen LogP contribution in [0.4, 0.5) is 5.69 Å². The number of aryl methyl sites for hydroxylation is 2. The van der Waals surface area contributed by atoms with Crippen molar-refractivity contribution in [1.82, 2.24) is 20.1 Å². The maximum atomic E-state index is 12.3. The van der Waals surface area contributed by atoms with E-state index < -0.39 is 0 Å². The van der Waals surface area contributed by atoms with Crippen molar-refractivity contribution >= 4 is 29.3 Å². The number of nitrogens with zero attached hydrogens (tertiary/aromatic N) is 3. The first kappa shape index (κ1) is 23.1. The maximum Gasteiger partial charge on any atom is 0.243 e.